The first-order valence-electron chi connectivity index (χ1n) is 7.46. The monoisotopic (exact) mass is 227 g/mol. The molecule has 0 amide bonds. The first kappa shape index (κ1) is 15.5. The van der Waals surface area contributed by atoms with Crippen LogP contribution in [0.1, 0.15) is 66.2 Å². The van der Waals surface area contributed by atoms with Gasteiger partial charge in [-0.3, -0.25) is 0 Å². The van der Waals surface area contributed by atoms with Gasteiger partial charge >= 0.3 is 0 Å². The molecule has 92 valence electrons. The molecule has 0 nitrogen and oxygen atoms in total. The van der Waals surface area contributed by atoms with Crippen molar-refractivity contribution in [3.05, 3.63) is 0 Å². The molecule has 0 aromatic rings. The van der Waals surface area contributed by atoms with Crippen molar-refractivity contribution in [3.63, 3.8) is 0 Å². The zero-order valence-electron chi connectivity index (χ0n) is 11.6. The summed E-state index contributed by atoms with van der Waals surface area (Å²) >= 11 is -1.14. The van der Waals surface area contributed by atoms with Crippen LogP contribution in [0, 0.1) is 0 Å². The van der Waals surface area contributed by atoms with Gasteiger partial charge < -0.3 is 0 Å². The molecule has 0 fully saturated rings. The molecule has 0 aromatic heterocycles. The predicted octanol–water partition coefficient (Wildman–Crippen LogP) is 5.86. The third-order valence-corrected chi connectivity index (χ3v) is 11.0. The fourth-order valence-electron chi connectivity index (χ4n) is 2.96. The van der Waals surface area contributed by atoms with E-state index in [1.165, 1.54) is 38.5 Å². The van der Waals surface area contributed by atoms with Crippen molar-refractivity contribution in [1.29, 1.82) is 0 Å². The average Bonchev–Trinajstić information content (AvgIpc) is 2.29. The molecule has 0 N–H and O–H groups in total. The lowest BCUT2D eigenvalue weighted by Crippen LogP contribution is -2.32. The third kappa shape index (κ3) is 6.65. The van der Waals surface area contributed by atoms with Gasteiger partial charge in [-0.1, -0.05) is 59.3 Å². The summed E-state index contributed by atoms with van der Waals surface area (Å²) in [5, 5.41) is 6.48. The molecule has 0 aliphatic carbocycles. The zero-order valence-corrected chi connectivity index (χ0v) is 12.8. The molecule has 0 aliphatic heterocycles. The van der Waals surface area contributed by atoms with Gasteiger partial charge in [0, 0.05) is 0 Å². The standard InChI is InChI=1S/3C4H9.C2H5.Al/c3*1-3-4-2;1-2;/h3*1,3-4H2,2H3;1H2,2H3;/q;;;;-1. The number of hydrogen-bond acceptors (Lipinski definition) is 0. The minimum absolute atomic E-state index is 1.14. The van der Waals surface area contributed by atoms with E-state index in [1.807, 2.05) is 0 Å². The summed E-state index contributed by atoms with van der Waals surface area (Å²) in [6.07, 6.45) is 8.73. The van der Waals surface area contributed by atoms with E-state index in [0.29, 0.717) is 0 Å². The molecule has 0 unspecified atom stereocenters. The van der Waals surface area contributed by atoms with Gasteiger partial charge in [0.05, 0.1) is 0 Å². The SMILES string of the molecule is CCC[CH2][Al-]([CH2]C)([CH2]CCC)[CH2]CCC. The van der Waals surface area contributed by atoms with Gasteiger partial charge in [-0.05, 0) is 0 Å². The Kier molecular flexibility index (Phi) is 10.1. The molecule has 0 aliphatic rings. The molecule has 0 rings (SSSR count). The van der Waals surface area contributed by atoms with Crippen molar-refractivity contribution in [1.82, 2.24) is 0 Å². The zero-order chi connectivity index (χ0) is 11.6. The van der Waals surface area contributed by atoms with E-state index in [9.17, 15) is 0 Å². The second kappa shape index (κ2) is 9.74. The summed E-state index contributed by atoms with van der Waals surface area (Å²) in [5.41, 5.74) is 0. The maximum absolute atomic E-state index is 2.48. The van der Waals surface area contributed by atoms with Crippen LogP contribution in [0.15, 0.2) is 0 Å². The Morgan fingerprint density at radius 3 is 1.13 bits per heavy atom. The smallest absolute Gasteiger partial charge is 0.134 e. The predicted molar refractivity (Wildman–Crippen MR) is 75.4 cm³/mol. The van der Waals surface area contributed by atoms with Gasteiger partial charge in [0.15, 0.2) is 0 Å². The normalized spacial score (nSPS) is 12.0. The summed E-state index contributed by atoms with van der Waals surface area (Å²) < 4.78 is 0. The van der Waals surface area contributed by atoms with E-state index in [2.05, 4.69) is 27.7 Å². The van der Waals surface area contributed by atoms with Crippen LogP contribution in [-0.2, 0) is 0 Å². The first-order valence-corrected chi connectivity index (χ1v) is 10.7. The molecule has 0 aromatic carbocycles. The second-order valence-electron chi connectivity index (χ2n) is 5.57. The topological polar surface area (TPSA) is 0 Å². The third-order valence-electron chi connectivity index (χ3n) is 4.38. The molecule has 0 heterocycles. The maximum Gasteiger partial charge on any atom is 0.134 e. The highest BCUT2D eigenvalue weighted by Gasteiger charge is 2.24. The lowest BCUT2D eigenvalue weighted by molar-refractivity contribution is 0.786. The molecule has 0 radical (unpaired) electrons. The van der Waals surface area contributed by atoms with Gasteiger partial charge in [0.25, 0.3) is 0 Å². The Morgan fingerprint density at radius 2 is 0.933 bits per heavy atom. The summed E-state index contributed by atoms with van der Waals surface area (Å²) in [5.74, 6) is 0. The van der Waals surface area contributed by atoms with Crippen molar-refractivity contribution >= 4 is 13.1 Å². The molecule has 0 saturated carbocycles. The van der Waals surface area contributed by atoms with Crippen LogP contribution in [-0.4, -0.2) is 13.1 Å². The second-order valence-corrected chi connectivity index (χ2v) is 11.6. The van der Waals surface area contributed by atoms with Crippen LogP contribution in [0.5, 0.6) is 0 Å². The van der Waals surface area contributed by atoms with Crippen molar-refractivity contribution < 1.29 is 0 Å². The summed E-state index contributed by atoms with van der Waals surface area (Å²) in [6, 6.07) is 0. The number of unbranched alkanes of at least 4 members (excludes halogenated alkanes) is 3. The summed E-state index contributed by atoms with van der Waals surface area (Å²) in [7, 11) is 0. The fourth-order valence-corrected chi connectivity index (χ4v) is 8.87. The minimum Gasteiger partial charge on any atom is -0.194 e. The molecule has 1 heteroatoms. The van der Waals surface area contributed by atoms with Crippen molar-refractivity contribution in [2.45, 2.75) is 87.4 Å². The van der Waals surface area contributed by atoms with Crippen LogP contribution in [0.2, 0.25) is 21.1 Å². The van der Waals surface area contributed by atoms with Crippen LogP contribution >= 0.6 is 0 Å². The van der Waals surface area contributed by atoms with E-state index in [4.69, 9.17) is 0 Å². The number of rotatable bonds is 10. The van der Waals surface area contributed by atoms with Gasteiger partial charge in [-0.15, -0.1) is 6.92 Å². The largest absolute Gasteiger partial charge is 0.194 e. The molecular formula is C14H32Al-. The highest BCUT2D eigenvalue weighted by Crippen LogP contribution is 2.31. The quantitative estimate of drug-likeness (QED) is 0.410. The Bertz CT molecular complexity index is 110. The molecular weight excluding hydrogens is 195 g/mol. The summed E-state index contributed by atoms with van der Waals surface area (Å²) in [4.78, 5) is 0. The lowest BCUT2D eigenvalue weighted by atomic mass is 10.4. The van der Waals surface area contributed by atoms with Crippen LogP contribution in [0.25, 0.3) is 0 Å². The van der Waals surface area contributed by atoms with E-state index < -0.39 is 13.1 Å². The Morgan fingerprint density at radius 1 is 0.600 bits per heavy atom. The molecule has 0 spiro atoms. The van der Waals surface area contributed by atoms with Gasteiger partial charge in [-0.25, -0.2) is 0 Å². The van der Waals surface area contributed by atoms with E-state index in [1.54, 1.807) is 21.1 Å². The van der Waals surface area contributed by atoms with E-state index >= 15 is 0 Å². The summed E-state index contributed by atoms with van der Waals surface area (Å²) in [6.45, 7) is 9.52. The van der Waals surface area contributed by atoms with Crippen LogP contribution < -0.4 is 0 Å². The first-order chi connectivity index (χ1) is 7.24. The van der Waals surface area contributed by atoms with Crippen molar-refractivity contribution in [2.75, 3.05) is 0 Å². The van der Waals surface area contributed by atoms with Gasteiger partial charge in [0.1, 0.15) is 13.1 Å². The lowest BCUT2D eigenvalue weighted by Gasteiger charge is -2.35. The number of hydrogen-bond donors (Lipinski definition) is 0. The van der Waals surface area contributed by atoms with E-state index in [-0.39, 0.29) is 0 Å². The van der Waals surface area contributed by atoms with Gasteiger partial charge in [0.2, 0.25) is 0 Å². The van der Waals surface area contributed by atoms with Crippen LogP contribution in [0.4, 0.5) is 0 Å². The highest BCUT2D eigenvalue weighted by molar-refractivity contribution is 6.79. The molecule has 0 bridgehead atoms. The molecule has 15 heavy (non-hydrogen) atoms. The Balaban J connectivity index is 4.16. The van der Waals surface area contributed by atoms with Gasteiger partial charge in [-0.2, -0.15) is 21.1 Å². The van der Waals surface area contributed by atoms with E-state index in [0.717, 1.165) is 0 Å². The van der Waals surface area contributed by atoms with Crippen LogP contribution in [0.3, 0.4) is 0 Å². The van der Waals surface area contributed by atoms with Crippen molar-refractivity contribution in [2.24, 2.45) is 0 Å². The molecule has 0 atom stereocenters. The maximum atomic E-state index is 2.48. The average molecular weight is 227 g/mol. The fraction of sp³-hybridized carbons (Fsp3) is 1.00. The Labute approximate surface area is 101 Å². The Hall–Kier alpha value is 0.532. The highest BCUT2D eigenvalue weighted by atomic mass is 27.2. The van der Waals surface area contributed by atoms with Crippen molar-refractivity contribution in [3.8, 4) is 0 Å². The molecule has 0 saturated heterocycles. The minimum atomic E-state index is -1.14.